The quantitative estimate of drug-likeness (QED) is 0.169. The molecule has 0 aliphatic heterocycles. The van der Waals surface area contributed by atoms with Crippen molar-refractivity contribution < 1.29 is 22.7 Å². The third kappa shape index (κ3) is 8.89. The van der Waals surface area contributed by atoms with Crippen LogP contribution in [0.25, 0.3) is 0 Å². The van der Waals surface area contributed by atoms with Gasteiger partial charge in [-0.2, -0.15) is 0 Å². The van der Waals surface area contributed by atoms with Gasteiger partial charge in [0.25, 0.3) is 10.0 Å². The van der Waals surface area contributed by atoms with Crippen molar-refractivity contribution in [1.29, 1.82) is 0 Å². The van der Waals surface area contributed by atoms with Gasteiger partial charge in [0, 0.05) is 24.0 Å². The van der Waals surface area contributed by atoms with Gasteiger partial charge in [-0.25, -0.2) is 8.42 Å². The number of nitrogens with zero attached hydrogens (tertiary/aromatic N) is 2. The van der Waals surface area contributed by atoms with Crippen LogP contribution in [0.1, 0.15) is 37.0 Å². The lowest BCUT2D eigenvalue weighted by Gasteiger charge is -2.34. The Morgan fingerprint density at radius 3 is 2.15 bits per heavy atom. The monoisotopic (exact) mass is 661 g/mol. The number of ether oxygens (including phenoxy) is 1. The van der Waals surface area contributed by atoms with Crippen LogP contribution in [-0.4, -0.2) is 50.9 Å². The lowest BCUT2D eigenvalue weighted by Crippen LogP contribution is -2.54. The molecule has 46 heavy (non-hydrogen) atoms. The van der Waals surface area contributed by atoms with Crippen molar-refractivity contribution in [3.8, 4) is 5.75 Å². The predicted molar refractivity (Wildman–Crippen MR) is 183 cm³/mol. The highest BCUT2D eigenvalue weighted by Crippen LogP contribution is 2.27. The molecular formula is C36H40ClN3O5S. The summed E-state index contributed by atoms with van der Waals surface area (Å²) >= 11 is 6.31. The Balaban J connectivity index is 1.81. The SMILES string of the molecule is CC[C@H](C)NC(=O)[C@H](Cc1ccccc1)N(Cc1cccc(Cl)c1)C(=O)CN(c1ccc(OC)cc1)S(=O)(=O)c1ccc(C)cc1. The Morgan fingerprint density at radius 2 is 1.54 bits per heavy atom. The number of halogens is 1. The fourth-order valence-electron chi connectivity index (χ4n) is 4.94. The molecule has 4 aromatic rings. The molecule has 242 valence electrons. The van der Waals surface area contributed by atoms with Crippen molar-refractivity contribution in [2.45, 2.75) is 57.1 Å². The lowest BCUT2D eigenvalue weighted by molar-refractivity contribution is -0.140. The van der Waals surface area contributed by atoms with Crippen LogP contribution in [-0.2, 0) is 32.6 Å². The predicted octanol–water partition coefficient (Wildman–Crippen LogP) is 6.41. The smallest absolute Gasteiger partial charge is 0.264 e. The van der Waals surface area contributed by atoms with Crippen LogP contribution in [0.3, 0.4) is 0 Å². The van der Waals surface area contributed by atoms with Gasteiger partial charge in [-0.05, 0) is 79.9 Å². The van der Waals surface area contributed by atoms with E-state index in [1.165, 1.54) is 24.1 Å². The van der Waals surface area contributed by atoms with Gasteiger partial charge in [-0.15, -0.1) is 0 Å². The zero-order chi connectivity index (χ0) is 33.3. The summed E-state index contributed by atoms with van der Waals surface area (Å²) in [7, 11) is -2.68. The number of hydrogen-bond acceptors (Lipinski definition) is 5. The molecule has 0 bridgehead atoms. The largest absolute Gasteiger partial charge is 0.497 e. The molecule has 4 aromatic carbocycles. The van der Waals surface area contributed by atoms with E-state index >= 15 is 0 Å². The van der Waals surface area contributed by atoms with E-state index in [-0.39, 0.29) is 35.5 Å². The van der Waals surface area contributed by atoms with E-state index in [2.05, 4.69) is 5.32 Å². The van der Waals surface area contributed by atoms with Crippen molar-refractivity contribution >= 4 is 39.1 Å². The number of sulfonamides is 1. The number of aryl methyl sites for hydroxylation is 1. The first-order valence-electron chi connectivity index (χ1n) is 15.1. The second-order valence-electron chi connectivity index (χ2n) is 11.2. The average Bonchev–Trinajstić information content (AvgIpc) is 3.05. The topological polar surface area (TPSA) is 96.0 Å². The number of hydrogen-bond donors (Lipinski definition) is 1. The van der Waals surface area contributed by atoms with E-state index < -0.39 is 28.5 Å². The summed E-state index contributed by atoms with van der Waals surface area (Å²) in [5.74, 6) is -0.340. The maximum Gasteiger partial charge on any atom is 0.264 e. The molecule has 0 aliphatic rings. The van der Waals surface area contributed by atoms with Gasteiger partial charge in [-0.3, -0.25) is 13.9 Å². The molecule has 1 N–H and O–H groups in total. The van der Waals surface area contributed by atoms with Crippen molar-refractivity contribution in [2.24, 2.45) is 0 Å². The number of benzene rings is 4. The lowest BCUT2D eigenvalue weighted by atomic mass is 10.0. The first-order valence-corrected chi connectivity index (χ1v) is 16.9. The van der Waals surface area contributed by atoms with Crippen LogP contribution in [0.15, 0.2) is 108 Å². The molecule has 0 aliphatic carbocycles. The Morgan fingerprint density at radius 1 is 0.891 bits per heavy atom. The van der Waals surface area contributed by atoms with Crippen LogP contribution in [0.4, 0.5) is 5.69 Å². The minimum atomic E-state index is -4.20. The molecule has 0 spiro atoms. The Bertz CT molecular complexity index is 1720. The molecule has 4 rings (SSSR count). The fraction of sp³-hybridized carbons (Fsp3) is 0.278. The van der Waals surface area contributed by atoms with Crippen molar-refractivity contribution in [2.75, 3.05) is 18.0 Å². The zero-order valence-electron chi connectivity index (χ0n) is 26.5. The highest BCUT2D eigenvalue weighted by Gasteiger charge is 2.35. The highest BCUT2D eigenvalue weighted by molar-refractivity contribution is 7.92. The third-order valence-electron chi connectivity index (χ3n) is 7.76. The van der Waals surface area contributed by atoms with Gasteiger partial charge >= 0.3 is 0 Å². The van der Waals surface area contributed by atoms with Gasteiger partial charge < -0.3 is 15.0 Å². The normalized spacial score (nSPS) is 12.5. The highest BCUT2D eigenvalue weighted by atomic mass is 35.5. The van der Waals surface area contributed by atoms with E-state index in [0.29, 0.717) is 22.8 Å². The molecule has 2 atom stereocenters. The van der Waals surface area contributed by atoms with Crippen LogP contribution in [0.5, 0.6) is 5.75 Å². The summed E-state index contributed by atoms with van der Waals surface area (Å²) in [5, 5.41) is 3.52. The summed E-state index contributed by atoms with van der Waals surface area (Å²) in [4.78, 5) is 30.0. The van der Waals surface area contributed by atoms with Crippen molar-refractivity contribution in [1.82, 2.24) is 10.2 Å². The first-order chi connectivity index (χ1) is 22.0. The van der Waals surface area contributed by atoms with E-state index in [1.54, 1.807) is 54.6 Å². The van der Waals surface area contributed by atoms with Gasteiger partial charge in [0.2, 0.25) is 11.8 Å². The summed E-state index contributed by atoms with van der Waals surface area (Å²) in [6, 6.07) is 28.3. The number of anilines is 1. The molecule has 0 radical (unpaired) electrons. The fourth-order valence-corrected chi connectivity index (χ4v) is 6.57. The van der Waals surface area contributed by atoms with Gasteiger partial charge in [0.15, 0.2) is 0 Å². The second-order valence-corrected chi connectivity index (χ2v) is 13.5. The van der Waals surface area contributed by atoms with E-state index in [4.69, 9.17) is 16.3 Å². The third-order valence-corrected chi connectivity index (χ3v) is 9.79. The van der Waals surface area contributed by atoms with Gasteiger partial charge in [-0.1, -0.05) is 78.7 Å². The molecule has 0 unspecified atom stereocenters. The van der Waals surface area contributed by atoms with E-state index in [9.17, 15) is 18.0 Å². The Labute approximate surface area is 277 Å². The first kappa shape index (κ1) is 34.5. The second kappa shape index (κ2) is 15.8. The molecular weight excluding hydrogens is 622 g/mol. The summed E-state index contributed by atoms with van der Waals surface area (Å²) in [6.07, 6.45) is 0.925. The van der Waals surface area contributed by atoms with Crippen LogP contribution in [0, 0.1) is 6.92 Å². The van der Waals surface area contributed by atoms with E-state index in [0.717, 1.165) is 15.4 Å². The maximum atomic E-state index is 14.5. The Kier molecular flexibility index (Phi) is 11.8. The number of amides is 2. The molecule has 0 fully saturated rings. The Hall–Kier alpha value is -4.34. The molecule has 0 heterocycles. The molecule has 0 saturated carbocycles. The minimum absolute atomic E-state index is 0.0336. The number of carbonyl (C=O) groups excluding carboxylic acids is 2. The molecule has 0 aromatic heterocycles. The zero-order valence-corrected chi connectivity index (χ0v) is 28.1. The molecule has 0 saturated heterocycles. The standard InChI is InChI=1S/C36H40ClN3O5S/c1-5-27(3)38-36(42)34(23-28-10-7-6-8-11-28)39(24-29-12-9-13-30(37)22-29)35(41)25-40(31-16-18-32(45-4)19-17-31)46(43,44)33-20-14-26(2)15-21-33/h6-22,27,34H,5,23-25H2,1-4H3,(H,38,42)/t27-,34-/m0/s1. The minimum Gasteiger partial charge on any atom is -0.497 e. The average molecular weight is 662 g/mol. The number of rotatable bonds is 14. The summed E-state index contributed by atoms with van der Waals surface area (Å²) in [6.45, 7) is 5.22. The van der Waals surface area contributed by atoms with Gasteiger partial charge in [0.05, 0.1) is 17.7 Å². The van der Waals surface area contributed by atoms with Crippen LogP contribution >= 0.6 is 11.6 Å². The summed E-state index contributed by atoms with van der Waals surface area (Å²) < 4.78 is 34.7. The van der Waals surface area contributed by atoms with Crippen molar-refractivity contribution in [3.63, 3.8) is 0 Å². The van der Waals surface area contributed by atoms with Gasteiger partial charge in [0.1, 0.15) is 18.3 Å². The number of nitrogens with one attached hydrogen (secondary N) is 1. The molecule has 2 amide bonds. The maximum absolute atomic E-state index is 14.5. The molecule has 8 nitrogen and oxygen atoms in total. The number of methoxy groups -OCH3 is 1. The van der Waals surface area contributed by atoms with E-state index in [1.807, 2.05) is 57.2 Å². The van der Waals surface area contributed by atoms with Crippen LogP contribution < -0.4 is 14.4 Å². The molecule has 10 heteroatoms. The number of carbonyl (C=O) groups is 2. The van der Waals surface area contributed by atoms with Crippen LogP contribution in [0.2, 0.25) is 5.02 Å². The summed E-state index contributed by atoms with van der Waals surface area (Å²) in [5.41, 5.74) is 2.73. The van der Waals surface area contributed by atoms with Crippen molar-refractivity contribution in [3.05, 3.63) is 125 Å².